The maximum atomic E-state index is 12.1. The maximum Gasteiger partial charge on any atom is 0.268 e. The number of rotatable bonds is 2. The van der Waals surface area contributed by atoms with E-state index in [0.717, 1.165) is 17.5 Å². The topological polar surface area (TPSA) is 58.0 Å². The number of carbonyl (C=O) groups is 1. The van der Waals surface area contributed by atoms with Gasteiger partial charge in [-0.15, -0.1) is 0 Å². The summed E-state index contributed by atoms with van der Waals surface area (Å²) < 4.78 is 5.25. The van der Waals surface area contributed by atoms with Crippen molar-refractivity contribution in [3.8, 4) is 0 Å². The van der Waals surface area contributed by atoms with Crippen LogP contribution in [0, 0.1) is 5.92 Å². The van der Waals surface area contributed by atoms with E-state index < -0.39 is 0 Å². The lowest BCUT2D eigenvalue weighted by atomic mass is 9.86. The summed E-state index contributed by atoms with van der Waals surface area (Å²) in [6, 6.07) is 3.90. The quantitative estimate of drug-likeness (QED) is 0.855. The minimum Gasteiger partial charge on any atom is -0.463 e. The van der Waals surface area contributed by atoms with Gasteiger partial charge in [0.25, 0.3) is 5.91 Å². The van der Waals surface area contributed by atoms with Crippen LogP contribution in [0.2, 0.25) is 0 Å². The van der Waals surface area contributed by atoms with E-state index in [1.165, 1.54) is 19.3 Å². The molecule has 2 heterocycles. The maximum absolute atomic E-state index is 12.1. The second kappa shape index (κ2) is 4.52. The minimum atomic E-state index is -0.0276. The van der Waals surface area contributed by atoms with Crippen LogP contribution in [0.15, 0.2) is 22.8 Å². The Balaban J connectivity index is 1.72. The van der Waals surface area contributed by atoms with Crippen LogP contribution < -0.4 is 5.32 Å². The highest BCUT2D eigenvalue weighted by Gasteiger charge is 2.23. The number of hydrogen-bond acceptors (Lipinski definition) is 2. The lowest BCUT2D eigenvalue weighted by Gasteiger charge is -2.29. The van der Waals surface area contributed by atoms with Gasteiger partial charge in [0, 0.05) is 18.2 Å². The zero-order valence-electron chi connectivity index (χ0n) is 10.5. The van der Waals surface area contributed by atoms with Crippen molar-refractivity contribution in [1.82, 2.24) is 10.3 Å². The molecule has 0 spiro atoms. The van der Waals surface area contributed by atoms with Crippen molar-refractivity contribution in [2.75, 3.05) is 0 Å². The van der Waals surface area contributed by atoms with E-state index in [9.17, 15) is 4.79 Å². The molecule has 0 aromatic carbocycles. The summed E-state index contributed by atoms with van der Waals surface area (Å²) in [4.78, 5) is 15.2. The van der Waals surface area contributed by atoms with E-state index in [0.29, 0.717) is 17.7 Å². The van der Waals surface area contributed by atoms with Crippen LogP contribution in [0.4, 0.5) is 0 Å². The fourth-order valence-corrected chi connectivity index (χ4v) is 2.75. The number of hydrogen-bond donors (Lipinski definition) is 2. The number of carbonyl (C=O) groups excluding carboxylic acids is 1. The molecule has 2 unspecified atom stereocenters. The van der Waals surface area contributed by atoms with E-state index in [1.807, 2.05) is 6.07 Å². The Kier molecular flexibility index (Phi) is 2.86. The number of H-pyrrole nitrogens is 1. The highest BCUT2D eigenvalue weighted by atomic mass is 16.3. The van der Waals surface area contributed by atoms with Crippen LogP contribution >= 0.6 is 0 Å². The summed E-state index contributed by atoms with van der Waals surface area (Å²) >= 11 is 0. The Labute approximate surface area is 106 Å². The third kappa shape index (κ3) is 2.03. The average molecular weight is 246 g/mol. The molecule has 1 aliphatic rings. The van der Waals surface area contributed by atoms with E-state index in [-0.39, 0.29) is 5.91 Å². The highest BCUT2D eigenvalue weighted by Crippen LogP contribution is 2.24. The van der Waals surface area contributed by atoms with E-state index in [2.05, 4.69) is 17.2 Å². The van der Waals surface area contributed by atoms with Crippen LogP contribution in [-0.2, 0) is 0 Å². The molecule has 0 saturated heterocycles. The molecule has 1 amide bonds. The molecule has 96 valence electrons. The standard InChI is InChI=1S/C14H18N2O2/c1-9-4-2-3-5-10(9)16-14(17)12-8-13-11(15-12)6-7-18-13/h6-10,15H,2-5H2,1H3,(H,16,17). The smallest absolute Gasteiger partial charge is 0.268 e. The summed E-state index contributed by atoms with van der Waals surface area (Å²) in [5.41, 5.74) is 2.19. The van der Waals surface area contributed by atoms with Crippen LogP contribution in [0.25, 0.3) is 11.1 Å². The number of aromatic amines is 1. The first-order valence-corrected chi connectivity index (χ1v) is 6.61. The molecule has 1 aliphatic carbocycles. The van der Waals surface area contributed by atoms with Crippen molar-refractivity contribution in [2.24, 2.45) is 5.92 Å². The van der Waals surface area contributed by atoms with Crippen molar-refractivity contribution in [2.45, 2.75) is 38.6 Å². The zero-order chi connectivity index (χ0) is 12.5. The molecule has 4 nitrogen and oxygen atoms in total. The molecule has 3 rings (SSSR count). The predicted molar refractivity (Wildman–Crippen MR) is 69.5 cm³/mol. The molecule has 1 saturated carbocycles. The molecule has 1 fully saturated rings. The number of nitrogens with one attached hydrogen (secondary N) is 2. The Hall–Kier alpha value is -1.71. The summed E-state index contributed by atoms with van der Waals surface area (Å²) in [6.07, 6.45) is 6.40. The zero-order valence-corrected chi connectivity index (χ0v) is 10.5. The van der Waals surface area contributed by atoms with Crippen molar-refractivity contribution < 1.29 is 9.21 Å². The fourth-order valence-electron chi connectivity index (χ4n) is 2.75. The van der Waals surface area contributed by atoms with Crippen molar-refractivity contribution in [1.29, 1.82) is 0 Å². The second-order valence-electron chi connectivity index (χ2n) is 5.22. The van der Waals surface area contributed by atoms with Gasteiger partial charge in [-0.3, -0.25) is 4.79 Å². The molecule has 2 aromatic heterocycles. The minimum absolute atomic E-state index is 0.0276. The lowest BCUT2D eigenvalue weighted by molar-refractivity contribution is 0.0906. The SMILES string of the molecule is CC1CCCCC1NC(=O)c1cc2occc2[nH]1. The number of furan rings is 1. The van der Waals surface area contributed by atoms with Gasteiger partial charge in [-0.1, -0.05) is 19.8 Å². The van der Waals surface area contributed by atoms with E-state index in [1.54, 1.807) is 12.3 Å². The lowest BCUT2D eigenvalue weighted by Crippen LogP contribution is -2.41. The van der Waals surface area contributed by atoms with E-state index >= 15 is 0 Å². The van der Waals surface area contributed by atoms with Crippen LogP contribution in [-0.4, -0.2) is 16.9 Å². The number of aromatic nitrogens is 1. The average Bonchev–Trinajstić information content (AvgIpc) is 2.92. The first-order chi connectivity index (χ1) is 8.74. The monoisotopic (exact) mass is 246 g/mol. The molecule has 0 aliphatic heterocycles. The Bertz CT molecular complexity index is 526. The van der Waals surface area contributed by atoms with Gasteiger partial charge in [-0.2, -0.15) is 0 Å². The van der Waals surface area contributed by atoms with E-state index in [4.69, 9.17) is 4.42 Å². The van der Waals surface area contributed by atoms with Gasteiger partial charge in [0.1, 0.15) is 5.69 Å². The van der Waals surface area contributed by atoms with Crippen molar-refractivity contribution >= 4 is 17.0 Å². The molecule has 0 bridgehead atoms. The predicted octanol–water partition coefficient (Wildman–Crippen LogP) is 3.07. The van der Waals surface area contributed by atoms with Crippen LogP contribution in [0.3, 0.4) is 0 Å². The Morgan fingerprint density at radius 2 is 2.28 bits per heavy atom. The summed E-state index contributed by atoms with van der Waals surface area (Å²) in [6.45, 7) is 2.21. The fraction of sp³-hybridized carbons (Fsp3) is 0.500. The second-order valence-corrected chi connectivity index (χ2v) is 5.22. The van der Waals surface area contributed by atoms with Gasteiger partial charge >= 0.3 is 0 Å². The molecule has 2 N–H and O–H groups in total. The van der Waals surface area contributed by atoms with Crippen LogP contribution in [0.1, 0.15) is 43.1 Å². The summed E-state index contributed by atoms with van der Waals surface area (Å²) in [7, 11) is 0. The van der Waals surface area contributed by atoms with Gasteiger partial charge in [0.05, 0.1) is 11.8 Å². The van der Waals surface area contributed by atoms with Crippen molar-refractivity contribution in [3.63, 3.8) is 0 Å². The van der Waals surface area contributed by atoms with Crippen molar-refractivity contribution in [3.05, 3.63) is 24.1 Å². The normalized spacial score (nSPS) is 24.3. The summed E-state index contributed by atoms with van der Waals surface area (Å²) in [5.74, 6) is 0.542. The highest BCUT2D eigenvalue weighted by molar-refractivity contribution is 5.96. The molecular weight excluding hydrogens is 228 g/mol. The molecule has 4 heteroatoms. The van der Waals surface area contributed by atoms with Gasteiger partial charge in [0.2, 0.25) is 0 Å². The molecule has 18 heavy (non-hydrogen) atoms. The van der Waals surface area contributed by atoms with Gasteiger partial charge in [-0.25, -0.2) is 0 Å². The molecular formula is C14H18N2O2. The first kappa shape index (κ1) is 11.4. The number of amides is 1. The molecule has 2 aromatic rings. The molecule has 2 atom stereocenters. The third-order valence-corrected chi connectivity index (χ3v) is 3.91. The Morgan fingerprint density at radius 3 is 3.06 bits per heavy atom. The summed E-state index contributed by atoms with van der Waals surface area (Å²) in [5, 5.41) is 3.12. The first-order valence-electron chi connectivity index (χ1n) is 6.61. The van der Waals surface area contributed by atoms with Gasteiger partial charge in [-0.05, 0) is 18.8 Å². The van der Waals surface area contributed by atoms with Gasteiger partial charge in [0.15, 0.2) is 5.58 Å². The molecule has 0 radical (unpaired) electrons. The Morgan fingerprint density at radius 1 is 1.44 bits per heavy atom. The van der Waals surface area contributed by atoms with Gasteiger partial charge < -0.3 is 14.7 Å². The third-order valence-electron chi connectivity index (χ3n) is 3.91. The van der Waals surface area contributed by atoms with Crippen LogP contribution in [0.5, 0.6) is 0 Å². The largest absolute Gasteiger partial charge is 0.463 e. The number of fused-ring (bicyclic) bond motifs is 1.